The minimum absolute atomic E-state index is 0.0383. The number of aromatic nitrogens is 1. The molecule has 13 heteroatoms. The van der Waals surface area contributed by atoms with Crippen LogP contribution < -0.4 is 4.90 Å². The van der Waals surface area contributed by atoms with Crippen LogP contribution in [0, 0.1) is 0 Å². The van der Waals surface area contributed by atoms with Crippen molar-refractivity contribution in [2.75, 3.05) is 43.4 Å². The molecule has 0 N–H and O–H groups in total. The third kappa shape index (κ3) is 3.78. The first-order valence-electron chi connectivity index (χ1n) is 9.86. The number of piperazine rings is 1. The molecule has 3 aliphatic heterocycles. The fourth-order valence-corrected chi connectivity index (χ4v) is 7.51. The quantitative estimate of drug-likeness (QED) is 0.617. The molecule has 5 rings (SSSR count). The number of rotatable bonds is 3. The number of amidine groups is 1. The molecular formula is C19H19N5O5S3. The summed E-state index contributed by atoms with van der Waals surface area (Å²) in [5.41, 5.74) is 1.32. The van der Waals surface area contributed by atoms with E-state index in [0.29, 0.717) is 17.3 Å². The van der Waals surface area contributed by atoms with E-state index < -0.39 is 20.0 Å². The molecule has 2 aromatic rings. The Labute approximate surface area is 190 Å². The number of carbonyl (C=O) groups is 1. The van der Waals surface area contributed by atoms with Crippen LogP contribution in [0.1, 0.15) is 10.4 Å². The van der Waals surface area contributed by atoms with E-state index in [1.165, 1.54) is 34.5 Å². The van der Waals surface area contributed by atoms with Crippen LogP contribution in [0.5, 0.6) is 0 Å². The maximum Gasteiger partial charge on any atom is 0.257 e. The number of thioether (sulfide) groups is 1. The monoisotopic (exact) mass is 493 g/mol. The minimum atomic E-state index is -3.64. The van der Waals surface area contributed by atoms with Crippen LogP contribution in [0.4, 0.5) is 5.69 Å². The van der Waals surface area contributed by atoms with Gasteiger partial charge in [-0.2, -0.15) is 4.31 Å². The standard InChI is InChI=1S/C19H19N5O5S3/c25-18(22-6-8-23(9-7-22)32(28,29)15-2-1-5-20-13-15)14-3-4-16-17(12-14)30-19-21-31(26,27)11-10-24(16)19/h1-5,12-13H,6-11H2. The molecule has 1 aromatic heterocycles. The van der Waals surface area contributed by atoms with E-state index in [9.17, 15) is 21.6 Å². The van der Waals surface area contributed by atoms with Gasteiger partial charge in [-0.25, -0.2) is 16.8 Å². The molecule has 1 amide bonds. The van der Waals surface area contributed by atoms with E-state index in [1.54, 1.807) is 29.2 Å². The van der Waals surface area contributed by atoms with Gasteiger partial charge >= 0.3 is 0 Å². The molecule has 32 heavy (non-hydrogen) atoms. The second-order valence-electron chi connectivity index (χ2n) is 7.48. The van der Waals surface area contributed by atoms with Gasteiger partial charge in [-0.15, -0.1) is 4.40 Å². The summed E-state index contributed by atoms with van der Waals surface area (Å²) >= 11 is 1.23. The maximum atomic E-state index is 13.0. The third-order valence-corrected chi connectivity index (χ3v) is 9.71. The minimum Gasteiger partial charge on any atom is -0.336 e. The fourth-order valence-electron chi connectivity index (χ4n) is 3.83. The Bertz CT molecular complexity index is 1320. The number of nitrogens with zero attached hydrogens (tertiary/aromatic N) is 5. The van der Waals surface area contributed by atoms with Crippen LogP contribution >= 0.6 is 11.8 Å². The average molecular weight is 494 g/mol. The lowest BCUT2D eigenvalue weighted by atomic mass is 10.1. The SMILES string of the molecule is O=C(c1ccc2c(c1)SC1=NS(=O)(=O)CCN12)N1CCN(S(=O)(=O)c2cccnc2)CC1. The molecule has 0 spiro atoms. The van der Waals surface area contributed by atoms with Crippen LogP contribution in [-0.4, -0.2) is 80.6 Å². The fraction of sp³-hybridized carbons (Fsp3) is 0.316. The first-order chi connectivity index (χ1) is 15.2. The van der Waals surface area contributed by atoms with Gasteiger partial charge in [0.15, 0.2) is 5.17 Å². The van der Waals surface area contributed by atoms with Gasteiger partial charge in [0.1, 0.15) is 4.90 Å². The zero-order valence-corrected chi connectivity index (χ0v) is 19.2. The first kappa shape index (κ1) is 21.4. The molecular weight excluding hydrogens is 474 g/mol. The lowest BCUT2D eigenvalue weighted by Crippen LogP contribution is -2.50. The Morgan fingerprint density at radius 3 is 2.56 bits per heavy atom. The van der Waals surface area contributed by atoms with Crippen molar-refractivity contribution in [3.8, 4) is 0 Å². The molecule has 0 unspecified atom stereocenters. The molecule has 4 heterocycles. The molecule has 168 valence electrons. The highest BCUT2D eigenvalue weighted by atomic mass is 32.2. The summed E-state index contributed by atoms with van der Waals surface area (Å²) < 4.78 is 54.2. The Kier molecular flexibility index (Phi) is 5.23. The van der Waals surface area contributed by atoms with Crippen molar-refractivity contribution in [2.45, 2.75) is 9.79 Å². The van der Waals surface area contributed by atoms with Gasteiger partial charge in [-0.05, 0) is 42.1 Å². The van der Waals surface area contributed by atoms with E-state index in [-0.39, 0.29) is 42.7 Å². The first-order valence-corrected chi connectivity index (χ1v) is 13.7. The van der Waals surface area contributed by atoms with E-state index in [4.69, 9.17) is 0 Å². The van der Waals surface area contributed by atoms with Crippen molar-refractivity contribution >= 4 is 48.6 Å². The second kappa shape index (κ2) is 7.83. The van der Waals surface area contributed by atoms with Gasteiger partial charge in [-0.1, -0.05) is 0 Å². The van der Waals surface area contributed by atoms with Gasteiger partial charge in [0, 0.05) is 55.6 Å². The highest BCUT2D eigenvalue weighted by Crippen LogP contribution is 2.42. The number of benzene rings is 1. The van der Waals surface area contributed by atoms with E-state index in [0.717, 1.165) is 10.6 Å². The molecule has 10 nitrogen and oxygen atoms in total. The van der Waals surface area contributed by atoms with Crippen molar-refractivity contribution in [1.82, 2.24) is 14.2 Å². The van der Waals surface area contributed by atoms with Crippen molar-refractivity contribution in [3.05, 3.63) is 48.3 Å². The van der Waals surface area contributed by atoms with E-state index >= 15 is 0 Å². The highest BCUT2D eigenvalue weighted by Gasteiger charge is 2.35. The van der Waals surface area contributed by atoms with Crippen molar-refractivity contribution in [2.24, 2.45) is 4.40 Å². The van der Waals surface area contributed by atoms with E-state index in [2.05, 4.69) is 9.38 Å². The summed E-state index contributed by atoms with van der Waals surface area (Å²) in [4.78, 5) is 21.3. The number of pyridine rings is 1. The van der Waals surface area contributed by atoms with Gasteiger partial charge in [0.05, 0.1) is 11.4 Å². The van der Waals surface area contributed by atoms with Crippen LogP contribution in [0.2, 0.25) is 0 Å². The van der Waals surface area contributed by atoms with Crippen molar-refractivity contribution < 1.29 is 21.6 Å². The number of amides is 1. The topological polar surface area (TPSA) is 120 Å². The zero-order valence-electron chi connectivity index (χ0n) is 16.8. The maximum absolute atomic E-state index is 13.0. The molecule has 1 fully saturated rings. The lowest BCUT2D eigenvalue weighted by molar-refractivity contribution is 0.0697. The number of sulfonamides is 2. The van der Waals surface area contributed by atoms with Crippen molar-refractivity contribution in [1.29, 1.82) is 0 Å². The van der Waals surface area contributed by atoms with Crippen LogP contribution in [0.3, 0.4) is 0 Å². The molecule has 0 radical (unpaired) electrons. The molecule has 3 aliphatic rings. The molecule has 0 aliphatic carbocycles. The van der Waals surface area contributed by atoms with Crippen molar-refractivity contribution in [3.63, 3.8) is 0 Å². The number of fused-ring (bicyclic) bond motifs is 3. The van der Waals surface area contributed by atoms with Gasteiger partial charge in [0.25, 0.3) is 15.9 Å². The largest absolute Gasteiger partial charge is 0.336 e. The Morgan fingerprint density at radius 2 is 1.84 bits per heavy atom. The summed E-state index contributed by atoms with van der Waals surface area (Å²) in [5, 5.41) is 0.407. The predicted molar refractivity (Wildman–Crippen MR) is 120 cm³/mol. The van der Waals surface area contributed by atoms with Crippen LogP contribution in [0.15, 0.2) is 56.9 Å². The van der Waals surface area contributed by atoms with Crippen LogP contribution in [-0.2, 0) is 20.0 Å². The summed E-state index contributed by atoms with van der Waals surface area (Å²) in [6, 6.07) is 8.34. The van der Waals surface area contributed by atoms with Gasteiger partial charge < -0.3 is 9.80 Å². The summed E-state index contributed by atoms with van der Waals surface area (Å²) in [6.45, 7) is 1.29. The number of hydrogen-bond donors (Lipinski definition) is 0. The number of anilines is 1. The summed E-state index contributed by atoms with van der Waals surface area (Å²) in [6.07, 6.45) is 2.83. The molecule has 1 saturated heterocycles. The number of hydrogen-bond acceptors (Lipinski definition) is 8. The molecule has 0 saturated carbocycles. The van der Waals surface area contributed by atoms with Crippen LogP contribution in [0.25, 0.3) is 0 Å². The van der Waals surface area contributed by atoms with E-state index in [1.807, 2.05) is 4.90 Å². The number of carbonyl (C=O) groups excluding carboxylic acids is 1. The Hall–Kier alpha value is -2.48. The Morgan fingerprint density at radius 1 is 1.06 bits per heavy atom. The molecule has 0 atom stereocenters. The molecule has 1 aromatic carbocycles. The Balaban J connectivity index is 1.29. The highest BCUT2D eigenvalue weighted by molar-refractivity contribution is 8.15. The second-order valence-corrected chi connectivity index (χ2v) is 12.2. The smallest absolute Gasteiger partial charge is 0.257 e. The predicted octanol–water partition coefficient (Wildman–Crippen LogP) is 0.840. The zero-order chi connectivity index (χ0) is 22.5. The third-order valence-electron chi connectivity index (χ3n) is 5.52. The summed E-state index contributed by atoms with van der Waals surface area (Å²) in [7, 11) is -7.09. The average Bonchev–Trinajstić information content (AvgIpc) is 3.14. The van der Waals surface area contributed by atoms with Gasteiger partial charge in [0.2, 0.25) is 10.0 Å². The normalized spacial score (nSPS) is 20.4. The molecule has 0 bridgehead atoms. The lowest BCUT2D eigenvalue weighted by Gasteiger charge is -2.34. The summed E-state index contributed by atoms with van der Waals surface area (Å²) in [5.74, 6) is -0.227. The van der Waals surface area contributed by atoms with Gasteiger partial charge in [-0.3, -0.25) is 9.78 Å².